The summed E-state index contributed by atoms with van der Waals surface area (Å²) in [6.07, 6.45) is 2.71. The first kappa shape index (κ1) is 14.5. The molecule has 0 heterocycles. The Kier molecular flexibility index (Phi) is 4.64. The standard InChI is InChI=1S/C17H28N2/c1-17(2,3)13-19(4)12-15-7-5-6-14(10-15)11-18-16-8-9-16/h5-7,10,16,18H,8-9,11-13H2,1-4H3. The lowest BCUT2D eigenvalue weighted by molar-refractivity contribution is 0.221. The number of hydrogen-bond donors (Lipinski definition) is 1. The molecule has 0 radical (unpaired) electrons. The number of nitrogens with zero attached hydrogens (tertiary/aromatic N) is 1. The van der Waals surface area contributed by atoms with E-state index in [1.807, 2.05) is 0 Å². The van der Waals surface area contributed by atoms with E-state index in [2.05, 4.69) is 62.3 Å². The third-order valence-electron chi connectivity index (χ3n) is 3.36. The van der Waals surface area contributed by atoms with Crippen molar-refractivity contribution in [3.63, 3.8) is 0 Å². The quantitative estimate of drug-likeness (QED) is 0.843. The Bertz CT molecular complexity index is 402. The molecule has 0 aliphatic heterocycles. The van der Waals surface area contributed by atoms with Crippen molar-refractivity contribution in [3.8, 4) is 0 Å². The van der Waals surface area contributed by atoms with Gasteiger partial charge in [-0.1, -0.05) is 45.0 Å². The highest BCUT2D eigenvalue weighted by molar-refractivity contribution is 5.23. The Labute approximate surface area is 118 Å². The molecule has 0 bridgehead atoms. The molecular formula is C17H28N2. The first-order valence-electron chi connectivity index (χ1n) is 7.42. The van der Waals surface area contributed by atoms with Crippen LogP contribution in [0.25, 0.3) is 0 Å². The predicted molar refractivity (Wildman–Crippen MR) is 82.1 cm³/mol. The molecule has 0 amide bonds. The molecule has 106 valence electrons. The zero-order valence-electron chi connectivity index (χ0n) is 12.9. The Morgan fingerprint density at radius 1 is 1.21 bits per heavy atom. The molecule has 0 atom stereocenters. The van der Waals surface area contributed by atoms with Gasteiger partial charge in [0.05, 0.1) is 0 Å². The molecule has 2 heteroatoms. The molecule has 1 N–H and O–H groups in total. The second-order valence-electron chi connectivity index (χ2n) is 7.21. The fraction of sp³-hybridized carbons (Fsp3) is 0.647. The van der Waals surface area contributed by atoms with E-state index in [1.54, 1.807) is 0 Å². The van der Waals surface area contributed by atoms with E-state index in [1.165, 1.54) is 24.0 Å². The average molecular weight is 260 g/mol. The maximum atomic E-state index is 3.58. The second-order valence-corrected chi connectivity index (χ2v) is 7.21. The van der Waals surface area contributed by atoms with Crippen molar-refractivity contribution < 1.29 is 0 Å². The van der Waals surface area contributed by atoms with Gasteiger partial charge in [0.15, 0.2) is 0 Å². The monoisotopic (exact) mass is 260 g/mol. The summed E-state index contributed by atoms with van der Waals surface area (Å²) < 4.78 is 0. The lowest BCUT2D eigenvalue weighted by Gasteiger charge is -2.26. The van der Waals surface area contributed by atoms with Crippen LogP contribution in [0.3, 0.4) is 0 Å². The van der Waals surface area contributed by atoms with Crippen LogP contribution in [0.2, 0.25) is 0 Å². The summed E-state index contributed by atoms with van der Waals surface area (Å²) in [6.45, 7) is 10.0. The zero-order chi connectivity index (χ0) is 13.9. The highest BCUT2D eigenvalue weighted by atomic mass is 15.1. The van der Waals surface area contributed by atoms with Crippen molar-refractivity contribution in [1.82, 2.24) is 10.2 Å². The molecule has 2 rings (SSSR count). The van der Waals surface area contributed by atoms with Gasteiger partial charge < -0.3 is 10.2 Å². The van der Waals surface area contributed by atoms with Crippen molar-refractivity contribution in [2.24, 2.45) is 5.41 Å². The van der Waals surface area contributed by atoms with Crippen LogP contribution in [-0.2, 0) is 13.1 Å². The van der Waals surface area contributed by atoms with Gasteiger partial charge in [-0.2, -0.15) is 0 Å². The first-order valence-corrected chi connectivity index (χ1v) is 7.42. The highest BCUT2D eigenvalue weighted by Crippen LogP contribution is 2.20. The minimum atomic E-state index is 0.361. The minimum absolute atomic E-state index is 0.361. The van der Waals surface area contributed by atoms with E-state index in [0.29, 0.717) is 5.41 Å². The smallest absolute Gasteiger partial charge is 0.0231 e. The molecule has 0 spiro atoms. The van der Waals surface area contributed by atoms with Crippen LogP contribution in [0.15, 0.2) is 24.3 Å². The van der Waals surface area contributed by atoms with Gasteiger partial charge in [0.25, 0.3) is 0 Å². The van der Waals surface area contributed by atoms with Crippen LogP contribution >= 0.6 is 0 Å². The van der Waals surface area contributed by atoms with Crippen LogP contribution < -0.4 is 5.32 Å². The summed E-state index contributed by atoms with van der Waals surface area (Å²) in [7, 11) is 2.21. The third kappa shape index (κ3) is 5.75. The largest absolute Gasteiger partial charge is 0.310 e. The van der Waals surface area contributed by atoms with Gasteiger partial charge in [-0.15, -0.1) is 0 Å². The van der Waals surface area contributed by atoms with E-state index in [0.717, 1.165) is 25.7 Å². The summed E-state index contributed by atoms with van der Waals surface area (Å²) in [4.78, 5) is 2.41. The van der Waals surface area contributed by atoms with Crippen molar-refractivity contribution in [2.75, 3.05) is 13.6 Å². The molecule has 2 nitrogen and oxygen atoms in total. The fourth-order valence-corrected chi connectivity index (χ4v) is 2.56. The molecule has 1 saturated carbocycles. The van der Waals surface area contributed by atoms with Crippen LogP contribution in [0.1, 0.15) is 44.7 Å². The number of rotatable bonds is 6. The van der Waals surface area contributed by atoms with Gasteiger partial charge >= 0.3 is 0 Å². The van der Waals surface area contributed by atoms with Crippen molar-refractivity contribution in [1.29, 1.82) is 0 Å². The Balaban J connectivity index is 1.86. The zero-order valence-corrected chi connectivity index (χ0v) is 12.9. The first-order chi connectivity index (χ1) is 8.92. The third-order valence-corrected chi connectivity index (χ3v) is 3.36. The second kappa shape index (κ2) is 6.06. The lowest BCUT2D eigenvalue weighted by Crippen LogP contribution is -2.28. The van der Waals surface area contributed by atoms with Gasteiger partial charge in [-0.05, 0) is 36.4 Å². The minimum Gasteiger partial charge on any atom is -0.310 e. The SMILES string of the molecule is CN(Cc1cccc(CNC2CC2)c1)CC(C)(C)C. The topological polar surface area (TPSA) is 15.3 Å². The normalized spacial score (nSPS) is 16.1. The molecule has 1 fully saturated rings. The van der Waals surface area contributed by atoms with Gasteiger partial charge in [-0.3, -0.25) is 0 Å². The fourth-order valence-electron chi connectivity index (χ4n) is 2.56. The average Bonchev–Trinajstić information content (AvgIpc) is 3.07. The Hall–Kier alpha value is -0.860. The van der Waals surface area contributed by atoms with Gasteiger partial charge in [0, 0.05) is 25.7 Å². The Morgan fingerprint density at radius 2 is 1.89 bits per heavy atom. The van der Waals surface area contributed by atoms with E-state index >= 15 is 0 Å². The van der Waals surface area contributed by atoms with E-state index in [4.69, 9.17) is 0 Å². The number of nitrogens with one attached hydrogen (secondary N) is 1. The van der Waals surface area contributed by atoms with Gasteiger partial charge in [0.1, 0.15) is 0 Å². The Morgan fingerprint density at radius 3 is 2.53 bits per heavy atom. The van der Waals surface area contributed by atoms with Crippen LogP contribution in [0, 0.1) is 5.41 Å². The summed E-state index contributed by atoms with van der Waals surface area (Å²) in [5.41, 5.74) is 3.19. The van der Waals surface area contributed by atoms with Crippen molar-refractivity contribution >= 4 is 0 Å². The number of benzene rings is 1. The highest BCUT2D eigenvalue weighted by Gasteiger charge is 2.20. The van der Waals surface area contributed by atoms with Crippen LogP contribution in [0.4, 0.5) is 0 Å². The predicted octanol–water partition coefficient (Wildman–Crippen LogP) is 3.42. The van der Waals surface area contributed by atoms with E-state index in [9.17, 15) is 0 Å². The molecule has 1 aromatic carbocycles. The molecule has 19 heavy (non-hydrogen) atoms. The van der Waals surface area contributed by atoms with Gasteiger partial charge in [0.2, 0.25) is 0 Å². The molecule has 1 aliphatic carbocycles. The summed E-state index contributed by atoms with van der Waals surface area (Å²) >= 11 is 0. The summed E-state index contributed by atoms with van der Waals surface area (Å²) in [5.74, 6) is 0. The van der Waals surface area contributed by atoms with E-state index < -0.39 is 0 Å². The van der Waals surface area contributed by atoms with Crippen molar-refractivity contribution in [2.45, 2.75) is 52.7 Å². The maximum absolute atomic E-state index is 3.58. The lowest BCUT2D eigenvalue weighted by atomic mass is 9.96. The van der Waals surface area contributed by atoms with Gasteiger partial charge in [-0.25, -0.2) is 0 Å². The van der Waals surface area contributed by atoms with Crippen LogP contribution in [0.5, 0.6) is 0 Å². The van der Waals surface area contributed by atoms with E-state index in [-0.39, 0.29) is 0 Å². The molecule has 0 unspecified atom stereocenters. The summed E-state index contributed by atoms with van der Waals surface area (Å²) in [6, 6.07) is 9.77. The van der Waals surface area contributed by atoms with Crippen LogP contribution in [-0.4, -0.2) is 24.5 Å². The molecular weight excluding hydrogens is 232 g/mol. The molecule has 1 aliphatic rings. The van der Waals surface area contributed by atoms with Crippen molar-refractivity contribution in [3.05, 3.63) is 35.4 Å². The molecule has 0 aromatic heterocycles. The number of hydrogen-bond acceptors (Lipinski definition) is 2. The maximum Gasteiger partial charge on any atom is 0.0231 e. The summed E-state index contributed by atoms with van der Waals surface area (Å²) in [5, 5.41) is 3.58. The molecule has 1 aromatic rings. The molecule has 0 saturated heterocycles.